The molecule has 1 aliphatic rings. The van der Waals surface area contributed by atoms with E-state index in [1.807, 2.05) is 24.5 Å². The van der Waals surface area contributed by atoms with Gasteiger partial charge in [0.2, 0.25) is 0 Å². The van der Waals surface area contributed by atoms with Crippen LogP contribution in [0.5, 0.6) is 0 Å². The number of aliphatic carboxylic acids is 1. The van der Waals surface area contributed by atoms with Gasteiger partial charge in [-0.2, -0.15) is 10.4 Å². The fourth-order valence-corrected chi connectivity index (χ4v) is 5.50. The second-order valence-electron chi connectivity index (χ2n) is 10.8. The number of H-pyrrole nitrogens is 1. The van der Waals surface area contributed by atoms with Gasteiger partial charge < -0.3 is 14.4 Å². The molecule has 2 atom stereocenters. The first-order chi connectivity index (χ1) is 17.5. The topological polar surface area (TPSA) is 104 Å². The van der Waals surface area contributed by atoms with Gasteiger partial charge in [0.15, 0.2) is 11.4 Å². The van der Waals surface area contributed by atoms with Gasteiger partial charge in [0, 0.05) is 39.9 Å². The van der Waals surface area contributed by atoms with Crippen molar-refractivity contribution in [3.05, 3.63) is 58.9 Å². The van der Waals surface area contributed by atoms with Crippen LogP contribution in [0.4, 0.5) is 8.78 Å². The first kappa shape index (κ1) is 24.9. The van der Waals surface area contributed by atoms with E-state index in [1.54, 1.807) is 32.2 Å². The molecule has 5 rings (SSSR count). The van der Waals surface area contributed by atoms with Crippen LogP contribution in [-0.2, 0) is 14.9 Å². The zero-order valence-electron chi connectivity index (χ0n) is 21.2. The third-order valence-electron chi connectivity index (χ3n) is 7.64. The smallest absolute Gasteiger partial charge is 0.335 e. The Morgan fingerprint density at radius 3 is 2.76 bits per heavy atom. The lowest BCUT2D eigenvalue weighted by molar-refractivity contribution is -0.170. The summed E-state index contributed by atoms with van der Waals surface area (Å²) in [4.78, 5) is 11.8. The van der Waals surface area contributed by atoms with Gasteiger partial charge in [-0.15, -0.1) is 0 Å². The number of nitrogens with zero attached hydrogens (tertiary/aromatic N) is 3. The summed E-state index contributed by atoms with van der Waals surface area (Å²) in [5, 5.41) is 27.1. The maximum atomic E-state index is 16.3. The Labute approximate surface area is 212 Å². The minimum Gasteiger partial charge on any atom is -0.479 e. The van der Waals surface area contributed by atoms with Crippen LogP contribution < -0.4 is 0 Å². The normalized spacial score (nSPS) is 20.4. The lowest BCUT2D eigenvalue weighted by Crippen LogP contribution is -2.43. The summed E-state index contributed by atoms with van der Waals surface area (Å²) in [6, 6.07) is 8.84. The van der Waals surface area contributed by atoms with Crippen molar-refractivity contribution < 1.29 is 23.4 Å². The Hall–Kier alpha value is -3.77. The average molecular weight is 507 g/mol. The van der Waals surface area contributed by atoms with Crippen molar-refractivity contribution >= 4 is 27.8 Å². The molecule has 3 heterocycles. The zero-order valence-corrected chi connectivity index (χ0v) is 21.2. The van der Waals surface area contributed by atoms with E-state index >= 15 is 4.39 Å². The van der Waals surface area contributed by atoms with Gasteiger partial charge >= 0.3 is 5.97 Å². The van der Waals surface area contributed by atoms with E-state index in [-0.39, 0.29) is 36.7 Å². The van der Waals surface area contributed by atoms with Gasteiger partial charge in [-0.1, -0.05) is 13.8 Å². The van der Waals surface area contributed by atoms with E-state index in [1.165, 1.54) is 6.07 Å². The van der Waals surface area contributed by atoms with Crippen molar-refractivity contribution in [2.24, 2.45) is 0 Å². The number of nitrogens with one attached hydrogen (secondary N) is 1. The summed E-state index contributed by atoms with van der Waals surface area (Å²) in [6.45, 7) is 7.16. The molecule has 0 unspecified atom stereocenters. The van der Waals surface area contributed by atoms with Crippen LogP contribution in [0.15, 0.2) is 30.5 Å². The fraction of sp³-hybridized carbons (Fsp3) is 0.393. The molecule has 192 valence electrons. The maximum absolute atomic E-state index is 16.3. The van der Waals surface area contributed by atoms with Gasteiger partial charge in [0.05, 0.1) is 24.4 Å². The molecule has 0 aliphatic carbocycles. The number of nitriles is 1. The summed E-state index contributed by atoms with van der Waals surface area (Å²) >= 11 is 0. The largest absolute Gasteiger partial charge is 0.479 e. The summed E-state index contributed by atoms with van der Waals surface area (Å²) < 4.78 is 38.3. The summed E-state index contributed by atoms with van der Waals surface area (Å²) in [7, 11) is 0. The highest BCUT2D eigenvalue weighted by Gasteiger charge is 2.43. The molecule has 2 N–H and O–H groups in total. The number of carboxylic acid groups (broad SMARTS) is 1. The third kappa shape index (κ3) is 3.87. The SMILES string of the molecule is Cc1cc(-n2c(C(C)(C)CC#N)c([C@H]3CC[C@@](C)(C(=O)O)OC3)c3c(F)c4[nH]ncc4cc32)ccc1F. The highest BCUT2D eigenvalue weighted by atomic mass is 19.1. The molecule has 7 nitrogen and oxygen atoms in total. The van der Waals surface area contributed by atoms with Crippen molar-refractivity contribution in [1.29, 1.82) is 5.26 Å². The average Bonchev–Trinajstić information content (AvgIpc) is 3.45. The molecule has 1 aliphatic heterocycles. The Kier molecular flexibility index (Phi) is 5.83. The highest BCUT2D eigenvalue weighted by molar-refractivity contribution is 6.00. The lowest BCUT2D eigenvalue weighted by Gasteiger charge is -2.36. The first-order valence-corrected chi connectivity index (χ1v) is 12.2. The molecule has 2 aromatic carbocycles. The van der Waals surface area contributed by atoms with E-state index < -0.39 is 22.8 Å². The zero-order chi connectivity index (χ0) is 26.7. The van der Waals surface area contributed by atoms with Crippen molar-refractivity contribution in [3.63, 3.8) is 0 Å². The van der Waals surface area contributed by atoms with Crippen LogP contribution >= 0.6 is 0 Å². The number of rotatable bonds is 5. The van der Waals surface area contributed by atoms with Crippen LogP contribution in [0.1, 0.15) is 62.8 Å². The van der Waals surface area contributed by atoms with E-state index in [0.29, 0.717) is 39.5 Å². The van der Waals surface area contributed by atoms with Gasteiger partial charge in [-0.05, 0) is 62.1 Å². The number of hydrogen-bond acceptors (Lipinski definition) is 4. The second kappa shape index (κ2) is 8.67. The number of benzene rings is 2. The van der Waals surface area contributed by atoms with E-state index in [0.717, 1.165) is 5.69 Å². The highest BCUT2D eigenvalue weighted by Crippen LogP contribution is 2.47. The van der Waals surface area contributed by atoms with Crippen molar-refractivity contribution in [3.8, 4) is 11.8 Å². The molecule has 0 bridgehead atoms. The van der Waals surface area contributed by atoms with Crippen LogP contribution in [0, 0.1) is 29.9 Å². The lowest BCUT2D eigenvalue weighted by atomic mass is 9.77. The van der Waals surface area contributed by atoms with E-state index in [2.05, 4.69) is 16.3 Å². The fourth-order valence-electron chi connectivity index (χ4n) is 5.50. The molecule has 4 aromatic rings. The standard InChI is InChI=1S/C28H28F2N4O3/c1-15-11-18(5-6-19(15)29)34-20-12-17-13-32-33-24(17)23(30)22(20)21(25(34)27(2,3)9-10-31)16-7-8-28(4,26(35)36)37-14-16/h5-6,11-13,16H,7-9,14H2,1-4H3,(H,32,33)(H,35,36)/t16-,28-/m0/s1. The number of ether oxygens (including phenoxy) is 1. The molecule has 0 amide bonds. The minimum absolute atomic E-state index is 0.0838. The molecule has 0 saturated carbocycles. The molecule has 0 spiro atoms. The molecule has 1 saturated heterocycles. The van der Waals surface area contributed by atoms with Crippen molar-refractivity contribution in [1.82, 2.24) is 14.8 Å². The number of aromatic amines is 1. The van der Waals surface area contributed by atoms with E-state index in [4.69, 9.17) is 4.74 Å². The number of carboxylic acids is 1. The number of carbonyl (C=O) groups is 1. The Morgan fingerprint density at radius 2 is 2.14 bits per heavy atom. The first-order valence-electron chi connectivity index (χ1n) is 12.2. The Bertz CT molecular complexity index is 1590. The maximum Gasteiger partial charge on any atom is 0.335 e. The molecular formula is C28H28F2N4O3. The number of aryl methyl sites for hydroxylation is 1. The van der Waals surface area contributed by atoms with Gasteiger partial charge in [0.25, 0.3) is 0 Å². The molecule has 9 heteroatoms. The predicted octanol–water partition coefficient (Wildman–Crippen LogP) is 6.02. The summed E-state index contributed by atoms with van der Waals surface area (Å²) in [5.74, 6) is -2.18. The van der Waals surface area contributed by atoms with Gasteiger partial charge in [-0.25, -0.2) is 13.6 Å². The number of aromatic nitrogens is 3. The Balaban J connectivity index is 1.88. The quantitative estimate of drug-likeness (QED) is 0.344. The van der Waals surface area contributed by atoms with E-state index in [9.17, 15) is 19.6 Å². The van der Waals surface area contributed by atoms with Crippen LogP contribution in [0.3, 0.4) is 0 Å². The van der Waals surface area contributed by atoms with Crippen molar-refractivity contribution in [2.45, 2.75) is 63.9 Å². The predicted molar refractivity (Wildman–Crippen MR) is 135 cm³/mol. The number of fused-ring (bicyclic) bond motifs is 2. The van der Waals surface area contributed by atoms with Crippen LogP contribution in [0.25, 0.3) is 27.5 Å². The van der Waals surface area contributed by atoms with Gasteiger partial charge in [-0.3, -0.25) is 5.10 Å². The van der Waals surface area contributed by atoms with Crippen LogP contribution in [0.2, 0.25) is 0 Å². The summed E-state index contributed by atoms with van der Waals surface area (Å²) in [5.41, 5.74) is 1.27. The van der Waals surface area contributed by atoms with Crippen molar-refractivity contribution in [2.75, 3.05) is 6.61 Å². The van der Waals surface area contributed by atoms with Gasteiger partial charge in [0.1, 0.15) is 11.3 Å². The number of halogens is 2. The summed E-state index contributed by atoms with van der Waals surface area (Å²) in [6.07, 6.45) is 2.41. The number of hydrogen-bond donors (Lipinski definition) is 2. The molecule has 0 radical (unpaired) electrons. The van der Waals surface area contributed by atoms with Crippen LogP contribution in [-0.4, -0.2) is 38.0 Å². The molecular weight excluding hydrogens is 478 g/mol. The minimum atomic E-state index is -1.32. The third-order valence-corrected chi connectivity index (χ3v) is 7.64. The Morgan fingerprint density at radius 1 is 1.38 bits per heavy atom. The molecule has 37 heavy (non-hydrogen) atoms. The monoisotopic (exact) mass is 506 g/mol. The molecule has 1 fully saturated rings. The second-order valence-corrected chi connectivity index (χ2v) is 10.8. The molecule has 2 aromatic heterocycles.